The molecular weight excluding hydrogens is 266 g/mol. The quantitative estimate of drug-likeness (QED) is 0.745. The van der Waals surface area contributed by atoms with Gasteiger partial charge in [0, 0.05) is 12.7 Å². The SMILES string of the molecule is COc1ccc(N(C)Cc2nc3c(N)cccc3o2)cc1. The van der Waals surface area contributed by atoms with Gasteiger partial charge in [-0.2, -0.15) is 0 Å². The number of aromatic nitrogens is 1. The van der Waals surface area contributed by atoms with E-state index in [9.17, 15) is 0 Å². The Morgan fingerprint density at radius 1 is 1.19 bits per heavy atom. The Bertz CT molecular complexity index is 750. The fourth-order valence-electron chi connectivity index (χ4n) is 2.21. The van der Waals surface area contributed by atoms with E-state index < -0.39 is 0 Å². The van der Waals surface area contributed by atoms with Crippen LogP contribution >= 0.6 is 0 Å². The topological polar surface area (TPSA) is 64.5 Å². The molecule has 5 nitrogen and oxygen atoms in total. The molecule has 2 aromatic carbocycles. The average molecular weight is 283 g/mol. The maximum Gasteiger partial charge on any atom is 0.215 e. The highest BCUT2D eigenvalue weighted by Gasteiger charge is 2.10. The van der Waals surface area contributed by atoms with Crippen molar-refractivity contribution in [3.63, 3.8) is 0 Å². The molecule has 21 heavy (non-hydrogen) atoms. The lowest BCUT2D eigenvalue weighted by molar-refractivity contribution is 0.415. The first-order valence-corrected chi connectivity index (χ1v) is 6.66. The van der Waals surface area contributed by atoms with Crippen molar-refractivity contribution in [2.45, 2.75) is 6.54 Å². The summed E-state index contributed by atoms with van der Waals surface area (Å²) in [6.45, 7) is 0.570. The summed E-state index contributed by atoms with van der Waals surface area (Å²) >= 11 is 0. The van der Waals surface area contributed by atoms with Gasteiger partial charge in [0.05, 0.1) is 19.3 Å². The molecule has 1 heterocycles. The van der Waals surface area contributed by atoms with Crippen LogP contribution in [-0.2, 0) is 6.54 Å². The molecule has 0 aliphatic carbocycles. The summed E-state index contributed by atoms with van der Waals surface area (Å²) in [4.78, 5) is 6.51. The Morgan fingerprint density at radius 3 is 2.62 bits per heavy atom. The monoisotopic (exact) mass is 283 g/mol. The lowest BCUT2D eigenvalue weighted by atomic mass is 10.3. The summed E-state index contributed by atoms with van der Waals surface area (Å²) in [5, 5.41) is 0. The highest BCUT2D eigenvalue weighted by Crippen LogP contribution is 2.24. The van der Waals surface area contributed by atoms with Crippen molar-refractivity contribution >= 4 is 22.5 Å². The first-order chi connectivity index (χ1) is 10.2. The molecule has 3 rings (SSSR count). The fourth-order valence-corrected chi connectivity index (χ4v) is 2.21. The predicted molar refractivity (Wildman–Crippen MR) is 83.5 cm³/mol. The van der Waals surface area contributed by atoms with Gasteiger partial charge in [-0.05, 0) is 36.4 Å². The van der Waals surface area contributed by atoms with Gasteiger partial charge in [-0.25, -0.2) is 4.98 Å². The molecule has 0 spiro atoms. The number of para-hydroxylation sites is 1. The molecule has 0 aliphatic rings. The van der Waals surface area contributed by atoms with Gasteiger partial charge in [-0.3, -0.25) is 0 Å². The molecule has 2 N–H and O–H groups in total. The standard InChI is InChI=1S/C16H17N3O2/c1-19(11-6-8-12(20-2)9-7-11)10-15-18-16-13(17)4-3-5-14(16)21-15/h3-9H,10,17H2,1-2H3. The maximum atomic E-state index is 5.89. The largest absolute Gasteiger partial charge is 0.497 e. The number of anilines is 2. The lowest BCUT2D eigenvalue weighted by Crippen LogP contribution is -2.16. The first kappa shape index (κ1) is 13.3. The summed E-state index contributed by atoms with van der Waals surface area (Å²) in [7, 11) is 3.64. The van der Waals surface area contributed by atoms with Gasteiger partial charge < -0.3 is 19.8 Å². The van der Waals surface area contributed by atoms with E-state index in [1.165, 1.54) is 0 Å². The highest BCUT2D eigenvalue weighted by molar-refractivity contribution is 5.85. The third-order valence-corrected chi connectivity index (χ3v) is 3.38. The van der Waals surface area contributed by atoms with Crippen LogP contribution in [0.3, 0.4) is 0 Å². The minimum Gasteiger partial charge on any atom is -0.497 e. The number of rotatable bonds is 4. The molecule has 0 aliphatic heterocycles. The van der Waals surface area contributed by atoms with Crippen molar-refractivity contribution in [3.05, 3.63) is 48.4 Å². The zero-order valence-corrected chi connectivity index (χ0v) is 12.0. The molecule has 0 unspecified atom stereocenters. The molecule has 0 bridgehead atoms. The number of methoxy groups -OCH3 is 1. The second kappa shape index (κ2) is 5.36. The van der Waals surface area contributed by atoms with Crippen molar-refractivity contribution in [2.24, 2.45) is 0 Å². The van der Waals surface area contributed by atoms with Gasteiger partial charge in [0.25, 0.3) is 0 Å². The van der Waals surface area contributed by atoms with Gasteiger partial charge in [0.1, 0.15) is 11.3 Å². The summed E-state index contributed by atoms with van der Waals surface area (Å²) < 4.78 is 10.9. The number of nitrogen functional groups attached to an aromatic ring is 1. The minimum absolute atomic E-state index is 0.570. The number of nitrogens with two attached hydrogens (primary N) is 1. The van der Waals surface area contributed by atoms with Crippen LogP contribution in [0.25, 0.3) is 11.1 Å². The molecule has 108 valence electrons. The highest BCUT2D eigenvalue weighted by atomic mass is 16.5. The van der Waals surface area contributed by atoms with E-state index in [-0.39, 0.29) is 0 Å². The number of ether oxygens (including phenoxy) is 1. The molecule has 3 aromatic rings. The maximum absolute atomic E-state index is 5.89. The number of hydrogen-bond acceptors (Lipinski definition) is 5. The smallest absolute Gasteiger partial charge is 0.215 e. The summed E-state index contributed by atoms with van der Waals surface area (Å²) in [6, 6.07) is 13.4. The van der Waals surface area contributed by atoms with E-state index in [2.05, 4.69) is 9.88 Å². The van der Waals surface area contributed by atoms with Crippen LogP contribution in [0.1, 0.15) is 5.89 Å². The molecule has 0 amide bonds. The molecule has 0 radical (unpaired) electrons. The Morgan fingerprint density at radius 2 is 1.95 bits per heavy atom. The third-order valence-electron chi connectivity index (χ3n) is 3.38. The zero-order chi connectivity index (χ0) is 14.8. The number of nitrogens with zero attached hydrogens (tertiary/aromatic N) is 2. The molecule has 0 saturated heterocycles. The number of oxazole rings is 1. The Balaban J connectivity index is 1.81. The lowest BCUT2D eigenvalue weighted by Gasteiger charge is -2.17. The molecule has 0 fully saturated rings. The molecule has 1 aromatic heterocycles. The zero-order valence-electron chi connectivity index (χ0n) is 12.0. The first-order valence-electron chi connectivity index (χ1n) is 6.66. The van der Waals surface area contributed by atoms with Crippen LogP contribution in [0.15, 0.2) is 46.9 Å². The van der Waals surface area contributed by atoms with E-state index in [0.717, 1.165) is 17.0 Å². The summed E-state index contributed by atoms with van der Waals surface area (Å²) in [5.41, 5.74) is 9.02. The predicted octanol–water partition coefficient (Wildman–Crippen LogP) is 3.06. The van der Waals surface area contributed by atoms with Gasteiger partial charge in [0.2, 0.25) is 5.89 Å². The van der Waals surface area contributed by atoms with E-state index in [1.807, 2.05) is 49.5 Å². The van der Waals surface area contributed by atoms with Crippen molar-refractivity contribution in [2.75, 3.05) is 24.8 Å². The van der Waals surface area contributed by atoms with Crippen LogP contribution in [0.2, 0.25) is 0 Å². The average Bonchev–Trinajstić information content (AvgIpc) is 2.91. The second-order valence-corrected chi connectivity index (χ2v) is 4.86. The van der Waals surface area contributed by atoms with Gasteiger partial charge >= 0.3 is 0 Å². The Labute approximate surface area is 122 Å². The van der Waals surface area contributed by atoms with Gasteiger partial charge in [0.15, 0.2) is 5.58 Å². The van der Waals surface area contributed by atoms with Crippen LogP contribution < -0.4 is 15.4 Å². The summed E-state index contributed by atoms with van der Waals surface area (Å²) in [6.07, 6.45) is 0. The van der Waals surface area contributed by atoms with Crippen LogP contribution in [0.5, 0.6) is 5.75 Å². The van der Waals surface area contributed by atoms with Crippen molar-refractivity contribution in [1.29, 1.82) is 0 Å². The van der Waals surface area contributed by atoms with Crippen LogP contribution in [0, 0.1) is 0 Å². The number of benzene rings is 2. The number of hydrogen-bond donors (Lipinski definition) is 1. The Hall–Kier alpha value is -2.69. The van der Waals surface area contributed by atoms with E-state index in [0.29, 0.717) is 23.7 Å². The fraction of sp³-hybridized carbons (Fsp3) is 0.188. The molecular formula is C16H17N3O2. The van der Waals surface area contributed by atoms with E-state index >= 15 is 0 Å². The normalized spacial score (nSPS) is 10.8. The van der Waals surface area contributed by atoms with Crippen LogP contribution in [0.4, 0.5) is 11.4 Å². The summed E-state index contributed by atoms with van der Waals surface area (Å²) in [5.74, 6) is 1.48. The van der Waals surface area contributed by atoms with Crippen LogP contribution in [-0.4, -0.2) is 19.1 Å². The second-order valence-electron chi connectivity index (χ2n) is 4.86. The van der Waals surface area contributed by atoms with E-state index in [4.69, 9.17) is 14.9 Å². The van der Waals surface area contributed by atoms with Crippen molar-refractivity contribution in [3.8, 4) is 5.75 Å². The third kappa shape index (κ3) is 2.63. The van der Waals surface area contributed by atoms with Gasteiger partial charge in [-0.1, -0.05) is 6.07 Å². The van der Waals surface area contributed by atoms with Crippen molar-refractivity contribution in [1.82, 2.24) is 4.98 Å². The minimum atomic E-state index is 0.570. The number of fused-ring (bicyclic) bond motifs is 1. The van der Waals surface area contributed by atoms with Gasteiger partial charge in [-0.15, -0.1) is 0 Å². The molecule has 0 saturated carbocycles. The van der Waals surface area contributed by atoms with E-state index in [1.54, 1.807) is 7.11 Å². The molecule has 0 atom stereocenters. The molecule has 5 heteroatoms. The Kier molecular flexibility index (Phi) is 3.39. The van der Waals surface area contributed by atoms with Crippen molar-refractivity contribution < 1.29 is 9.15 Å².